The van der Waals surface area contributed by atoms with Gasteiger partial charge in [0.1, 0.15) is 0 Å². The number of aliphatic carboxylic acids is 1. The van der Waals surface area contributed by atoms with Crippen LogP contribution in [0.25, 0.3) is 0 Å². The molecule has 1 unspecified atom stereocenters. The Balaban J connectivity index is 2.22. The highest BCUT2D eigenvalue weighted by Gasteiger charge is 2.44. The molecule has 0 heterocycles. The number of carbonyl (C=O) groups excluding carboxylic acids is 1. The highest BCUT2D eigenvalue weighted by molar-refractivity contribution is 7.99. The molecule has 6 heteroatoms. The molecule has 0 radical (unpaired) electrons. The van der Waals surface area contributed by atoms with E-state index in [2.05, 4.69) is 17.6 Å². The van der Waals surface area contributed by atoms with Crippen LogP contribution in [-0.4, -0.2) is 41.2 Å². The second kappa shape index (κ2) is 7.62. The molecule has 2 amide bonds. The first kappa shape index (κ1) is 16.1. The van der Waals surface area contributed by atoms with E-state index in [1.807, 2.05) is 18.7 Å². The van der Waals surface area contributed by atoms with E-state index in [0.29, 0.717) is 12.8 Å². The Labute approximate surface area is 118 Å². The normalized spacial score (nSPS) is 18.2. The van der Waals surface area contributed by atoms with Crippen molar-refractivity contribution < 1.29 is 14.7 Å². The summed E-state index contributed by atoms with van der Waals surface area (Å²) < 4.78 is 0. The fourth-order valence-corrected chi connectivity index (χ4v) is 2.88. The van der Waals surface area contributed by atoms with Crippen LogP contribution in [0.4, 0.5) is 4.79 Å². The van der Waals surface area contributed by atoms with Crippen molar-refractivity contribution >= 4 is 23.8 Å². The van der Waals surface area contributed by atoms with Gasteiger partial charge in [0.2, 0.25) is 0 Å². The van der Waals surface area contributed by atoms with E-state index in [0.717, 1.165) is 24.3 Å². The number of thioether (sulfide) groups is 1. The maximum atomic E-state index is 11.7. The van der Waals surface area contributed by atoms with Crippen molar-refractivity contribution in [3.05, 3.63) is 0 Å². The van der Waals surface area contributed by atoms with Gasteiger partial charge in [0.15, 0.2) is 0 Å². The Morgan fingerprint density at radius 1 is 1.42 bits per heavy atom. The van der Waals surface area contributed by atoms with E-state index >= 15 is 0 Å². The van der Waals surface area contributed by atoms with Crippen molar-refractivity contribution in [2.24, 2.45) is 5.41 Å². The molecular formula is C13H24N2O3S. The number of carboxylic acids is 1. The number of amides is 2. The number of hydrogen-bond donors (Lipinski definition) is 3. The van der Waals surface area contributed by atoms with Crippen molar-refractivity contribution in [3.8, 4) is 0 Å². The number of hydrogen-bond acceptors (Lipinski definition) is 3. The van der Waals surface area contributed by atoms with Crippen molar-refractivity contribution in [2.45, 2.75) is 45.6 Å². The summed E-state index contributed by atoms with van der Waals surface area (Å²) in [5.74, 6) is 1.31. The highest BCUT2D eigenvalue weighted by Crippen LogP contribution is 2.40. The van der Waals surface area contributed by atoms with Gasteiger partial charge >= 0.3 is 12.0 Å². The van der Waals surface area contributed by atoms with Crippen LogP contribution in [0.2, 0.25) is 0 Å². The Bertz CT molecular complexity index is 319. The molecule has 3 N–H and O–H groups in total. The standard InChI is InChI=1S/C13H24N2O3S/c1-3-19-8-5-10(2)15-12(18)14-9-13(11(16)17)6-4-7-13/h10H,3-9H2,1-2H3,(H,16,17)(H2,14,15,18). The van der Waals surface area contributed by atoms with E-state index in [1.54, 1.807) is 0 Å². The minimum absolute atomic E-state index is 0.112. The fraction of sp³-hybridized carbons (Fsp3) is 0.846. The van der Waals surface area contributed by atoms with Gasteiger partial charge in [0.25, 0.3) is 0 Å². The molecule has 0 saturated heterocycles. The molecule has 1 aliphatic carbocycles. The van der Waals surface area contributed by atoms with Gasteiger partial charge in [0.05, 0.1) is 5.41 Å². The van der Waals surface area contributed by atoms with Gasteiger partial charge in [-0.3, -0.25) is 4.79 Å². The van der Waals surface area contributed by atoms with Gasteiger partial charge in [-0.2, -0.15) is 11.8 Å². The largest absolute Gasteiger partial charge is 0.481 e. The predicted molar refractivity (Wildman–Crippen MR) is 77.5 cm³/mol. The molecule has 0 aromatic carbocycles. The summed E-state index contributed by atoms with van der Waals surface area (Å²) in [4.78, 5) is 22.8. The fourth-order valence-electron chi connectivity index (χ4n) is 2.07. The lowest BCUT2D eigenvalue weighted by Crippen LogP contribution is -2.50. The van der Waals surface area contributed by atoms with E-state index in [4.69, 9.17) is 5.11 Å². The quantitative estimate of drug-likeness (QED) is 0.597. The highest BCUT2D eigenvalue weighted by atomic mass is 32.2. The van der Waals surface area contributed by atoms with Crippen molar-refractivity contribution in [2.75, 3.05) is 18.1 Å². The number of carbonyl (C=O) groups is 2. The average Bonchev–Trinajstić information content (AvgIpc) is 2.27. The summed E-state index contributed by atoms with van der Waals surface area (Å²) in [6.07, 6.45) is 3.17. The lowest BCUT2D eigenvalue weighted by Gasteiger charge is -2.37. The second-order valence-corrected chi connectivity index (χ2v) is 6.55. The maximum Gasteiger partial charge on any atom is 0.315 e. The summed E-state index contributed by atoms with van der Waals surface area (Å²) in [6, 6.07) is -0.150. The predicted octanol–water partition coefficient (Wildman–Crippen LogP) is 2.07. The Morgan fingerprint density at radius 2 is 2.11 bits per heavy atom. The van der Waals surface area contributed by atoms with Crippen LogP contribution in [-0.2, 0) is 4.79 Å². The summed E-state index contributed by atoms with van der Waals surface area (Å²) in [5, 5.41) is 14.7. The number of rotatable bonds is 8. The van der Waals surface area contributed by atoms with Gasteiger partial charge in [-0.15, -0.1) is 0 Å². The van der Waals surface area contributed by atoms with Crippen LogP contribution in [0.1, 0.15) is 39.5 Å². The summed E-state index contributed by atoms with van der Waals surface area (Å²) in [6.45, 7) is 4.30. The number of carboxylic acid groups (broad SMARTS) is 1. The summed E-state index contributed by atoms with van der Waals surface area (Å²) >= 11 is 1.85. The Morgan fingerprint density at radius 3 is 2.58 bits per heavy atom. The third-order valence-corrected chi connectivity index (χ3v) is 4.56. The number of nitrogens with one attached hydrogen (secondary N) is 2. The minimum Gasteiger partial charge on any atom is -0.481 e. The molecule has 1 saturated carbocycles. The first-order chi connectivity index (χ1) is 9.00. The smallest absolute Gasteiger partial charge is 0.315 e. The third-order valence-electron chi connectivity index (χ3n) is 3.63. The first-order valence-electron chi connectivity index (χ1n) is 6.85. The lowest BCUT2D eigenvalue weighted by molar-refractivity contribution is -0.153. The molecule has 1 fully saturated rings. The van der Waals surface area contributed by atoms with Crippen molar-refractivity contribution in [1.82, 2.24) is 10.6 Å². The molecule has 0 aromatic rings. The Hall–Kier alpha value is -0.910. The second-order valence-electron chi connectivity index (χ2n) is 5.15. The molecule has 5 nitrogen and oxygen atoms in total. The maximum absolute atomic E-state index is 11.7. The molecular weight excluding hydrogens is 264 g/mol. The molecule has 0 spiro atoms. The number of urea groups is 1. The summed E-state index contributed by atoms with van der Waals surface area (Å²) in [5.41, 5.74) is -0.724. The topological polar surface area (TPSA) is 78.4 Å². The minimum atomic E-state index is -0.800. The van der Waals surface area contributed by atoms with E-state index < -0.39 is 11.4 Å². The molecule has 19 heavy (non-hydrogen) atoms. The van der Waals surface area contributed by atoms with Crippen LogP contribution in [0, 0.1) is 5.41 Å². The van der Waals surface area contributed by atoms with Gasteiger partial charge in [-0.05, 0) is 37.7 Å². The molecule has 1 rings (SSSR count). The van der Waals surface area contributed by atoms with Crippen molar-refractivity contribution in [1.29, 1.82) is 0 Å². The zero-order valence-electron chi connectivity index (χ0n) is 11.7. The van der Waals surface area contributed by atoms with Gasteiger partial charge in [-0.25, -0.2) is 4.79 Å². The van der Waals surface area contributed by atoms with Gasteiger partial charge in [0, 0.05) is 12.6 Å². The monoisotopic (exact) mass is 288 g/mol. The molecule has 0 aliphatic heterocycles. The zero-order valence-corrected chi connectivity index (χ0v) is 12.5. The van der Waals surface area contributed by atoms with Crippen LogP contribution in [0.15, 0.2) is 0 Å². The first-order valence-corrected chi connectivity index (χ1v) is 8.01. The van der Waals surface area contributed by atoms with E-state index in [9.17, 15) is 9.59 Å². The molecule has 110 valence electrons. The summed E-state index contributed by atoms with van der Waals surface area (Å²) in [7, 11) is 0. The SMILES string of the molecule is CCSCCC(C)NC(=O)NCC1(C(=O)O)CCC1. The molecule has 1 aliphatic rings. The molecule has 0 aromatic heterocycles. The van der Waals surface area contributed by atoms with E-state index in [1.165, 1.54) is 0 Å². The zero-order chi connectivity index (χ0) is 14.3. The van der Waals surface area contributed by atoms with Crippen LogP contribution >= 0.6 is 11.8 Å². The Kier molecular flexibility index (Phi) is 6.48. The van der Waals surface area contributed by atoms with Crippen LogP contribution in [0.3, 0.4) is 0 Å². The van der Waals surface area contributed by atoms with Gasteiger partial charge < -0.3 is 15.7 Å². The van der Waals surface area contributed by atoms with Crippen LogP contribution in [0.5, 0.6) is 0 Å². The van der Waals surface area contributed by atoms with Gasteiger partial charge in [-0.1, -0.05) is 13.3 Å². The molecule has 1 atom stereocenters. The van der Waals surface area contributed by atoms with E-state index in [-0.39, 0.29) is 18.6 Å². The van der Waals surface area contributed by atoms with Crippen LogP contribution < -0.4 is 10.6 Å². The lowest BCUT2D eigenvalue weighted by atomic mass is 9.69. The average molecular weight is 288 g/mol. The molecule has 0 bridgehead atoms. The van der Waals surface area contributed by atoms with Crippen molar-refractivity contribution in [3.63, 3.8) is 0 Å². The third kappa shape index (κ3) is 4.93.